The summed E-state index contributed by atoms with van der Waals surface area (Å²) in [5.74, 6) is 1.94. The van der Waals surface area contributed by atoms with Crippen molar-refractivity contribution in [1.29, 1.82) is 0 Å². The lowest BCUT2D eigenvalue weighted by molar-refractivity contribution is 0.570. The van der Waals surface area contributed by atoms with Crippen LogP contribution in [-0.2, 0) is 0 Å². The Morgan fingerprint density at radius 1 is 1.24 bits per heavy atom. The number of thioether (sulfide) groups is 1. The van der Waals surface area contributed by atoms with Gasteiger partial charge in [-0.1, -0.05) is 32.9 Å². The Morgan fingerprint density at radius 3 is 2.65 bits per heavy atom. The summed E-state index contributed by atoms with van der Waals surface area (Å²) in [4.78, 5) is 1.39. The lowest BCUT2D eigenvalue weighted by atomic mass is 10.1. The normalized spacial score (nSPS) is 13.0. The van der Waals surface area contributed by atoms with Crippen LogP contribution in [0.5, 0.6) is 0 Å². The van der Waals surface area contributed by atoms with Gasteiger partial charge >= 0.3 is 0 Å². The summed E-state index contributed by atoms with van der Waals surface area (Å²) in [6.07, 6.45) is 1.19. The predicted octanol–water partition coefficient (Wildman–Crippen LogP) is 4.50. The van der Waals surface area contributed by atoms with Gasteiger partial charge in [0, 0.05) is 16.7 Å². The summed E-state index contributed by atoms with van der Waals surface area (Å²) in [6.45, 7) is 10.1. The first kappa shape index (κ1) is 14.6. The van der Waals surface area contributed by atoms with E-state index in [1.165, 1.54) is 22.6 Å². The lowest BCUT2D eigenvalue weighted by Crippen LogP contribution is -2.19. The Bertz CT molecular complexity index is 322. The van der Waals surface area contributed by atoms with Gasteiger partial charge in [-0.3, -0.25) is 0 Å². The minimum atomic E-state index is 0.453. The van der Waals surface area contributed by atoms with Gasteiger partial charge in [-0.05, 0) is 43.5 Å². The monoisotopic (exact) mass is 251 g/mol. The first-order valence-electron chi connectivity index (χ1n) is 6.59. The topological polar surface area (TPSA) is 12.0 Å². The standard InChI is InChI=1S/C15H25NS/c1-5-9-16-13(4)14-7-6-8-15(10-14)17-11-12(2)3/h6-8,10,12-13,16H,5,9,11H2,1-4H3. The summed E-state index contributed by atoms with van der Waals surface area (Å²) in [5, 5.41) is 3.53. The summed E-state index contributed by atoms with van der Waals surface area (Å²) < 4.78 is 0. The smallest absolute Gasteiger partial charge is 0.0292 e. The fraction of sp³-hybridized carbons (Fsp3) is 0.600. The fourth-order valence-corrected chi connectivity index (χ4v) is 2.54. The molecule has 0 aliphatic heterocycles. The molecule has 1 rings (SSSR count). The van der Waals surface area contributed by atoms with E-state index in [-0.39, 0.29) is 0 Å². The first-order chi connectivity index (χ1) is 8.13. The Labute approximate surface area is 110 Å². The third kappa shape index (κ3) is 5.60. The van der Waals surface area contributed by atoms with Crippen molar-refractivity contribution in [1.82, 2.24) is 5.32 Å². The molecule has 1 aromatic rings. The van der Waals surface area contributed by atoms with Crippen LogP contribution in [0.1, 0.15) is 45.7 Å². The van der Waals surface area contributed by atoms with E-state index >= 15 is 0 Å². The second kappa shape index (κ2) is 7.78. The van der Waals surface area contributed by atoms with Crippen LogP contribution in [0.25, 0.3) is 0 Å². The van der Waals surface area contributed by atoms with Crippen molar-refractivity contribution in [3.63, 3.8) is 0 Å². The molecular weight excluding hydrogens is 226 g/mol. The SMILES string of the molecule is CCCNC(C)c1cccc(SCC(C)C)c1. The molecule has 1 N–H and O–H groups in total. The van der Waals surface area contributed by atoms with Crippen LogP contribution in [0.2, 0.25) is 0 Å². The Morgan fingerprint density at radius 2 is 2.00 bits per heavy atom. The summed E-state index contributed by atoms with van der Waals surface area (Å²) >= 11 is 1.96. The molecule has 0 bridgehead atoms. The number of rotatable bonds is 7. The van der Waals surface area contributed by atoms with Crippen LogP contribution >= 0.6 is 11.8 Å². The number of nitrogens with one attached hydrogen (secondary N) is 1. The van der Waals surface area contributed by atoms with Gasteiger partial charge in [-0.15, -0.1) is 11.8 Å². The second-order valence-corrected chi connectivity index (χ2v) is 6.05. The second-order valence-electron chi connectivity index (χ2n) is 4.95. The van der Waals surface area contributed by atoms with Crippen molar-refractivity contribution in [3.8, 4) is 0 Å². The van der Waals surface area contributed by atoms with Crippen LogP contribution in [0, 0.1) is 5.92 Å². The van der Waals surface area contributed by atoms with Crippen molar-refractivity contribution in [2.75, 3.05) is 12.3 Å². The van der Waals surface area contributed by atoms with E-state index in [1.807, 2.05) is 11.8 Å². The highest BCUT2D eigenvalue weighted by atomic mass is 32.2. The number of hydrogen-bond acceptors (Lipinski definition) is 2. The zero-order valence-electron chi connectivity index (χ0n) is 11.5. The maximum Gasteiger partial charge on any atom is 0.0292 e. The van der Waals surface area contributed by atoms with Gasteiger partial charge < -0.3 is 5.32 Å². The van der Waals surface area contributed by atoms with Crippen LogP contribution in [0.4, 0.5) is 0 Å². The average Bonchev–Trinajstić information content (AvgIpc) is 2.33. The van der Waals surface area contributed by atoms with E-state index in [2.05, 4.69) is 57.3 Å². The Hall–Kier alpha value is -0.470. The summed E-state index contributed by atoms with van der Waals surface area (Å²) in [7, 11) is 0. The highest BCUT2D eigenvalue weighted by Gasteiger charge is 2.05. The molecule has 96 valence electrons. The minimum Gasteiger partial charge on any atom is -0.310 e. The zero-order valence-corrected chi connectivity index (χ0v) is 12.3. The van der Waals surface area contributed by atoms with E-state index in [0.29, 0.717) is 6.04 Å². The molecule has 0 spiro atoms. The average molecular weight is 251 g/mol. The van der Waals surface area contributed by atoms with Crippen LogP contribution in [0.3, 0.4) is 0 Å². The first-order valence-corrected chi connectivity index (χ1v) is 7.58. The van der Waals surface area contributed by atoms with Crippen molar-refractivity contribution in [2.45, 2.75) is 45.1 Å². The number of hydrogen-bond donors (Lipinski definition) is 1. The zero-order chi connectivity index (χ0) is 12.7. The van der Waals surface area contributed by atoms with Crippen molar-refractivity contribution >= 4 is 11.8 Å². The Balaban J connectivity index is 2.58. The molecule has 0 radical (unpaired) electrons. The van der Waals surface area contributed by atoms with E-state index in [9.17, 15) is 0 Å². The minimum absolute atomic E-state index is 0.453. The molecule has 0 aliphatic carbocycles. The van der Waals surface area contributed by atoms with E-state index in [0.717, 1.165) is 12.5 Å². The highest BCUT2D eigenvalue weighted by Crippen LogP contribution is 2.24. The van der Waals surface area contributed by atoms with Gasteiger partial charge in [0.2, 0.25) is 0 Å². The Kier molecular flexibility index (Phi) is 6.68. The van der Waals surface area contributed by atoms with Crippen LogP contribution < -0.4 is 5.32 Å². The molecule has 1 aromatic carbocycles. The van der Waals surface area contributed by atoms with Crippen molar-refractivity contribution in [3.05, 3.63) is 29.8 Å². The predicted molar refractivity (Wildman–Crippen MR) is 78.7 cm³/mol. The summed E-state index contributed by atoms with van der Waals surface area (Å²) in [5.41, 5.74) is 1.40. The molecule has 1 unspecified atom stereocenters. The molecule has 17 heavy (non-hydrogen) atoms. The van der Waals surface area contributed by atoms with Crippen molar-refractivity contribution < 1.29 is 0 Å². The highest BCUT2D eigenvalue weighted by molar-refractivity contribution is 7.99. The van der Waals surface area contributed by atoms with E-state index in [4.69, 9.17) is 0 Å². The van der Waals surface area contributed by atoms with E-state index in [1.54, 1.807) is 0 Å². The molecule has 0 fully saturated rings. The largest absolute Gasteiger partial charge is 0.310 e. The maximum absolute atomic E-state index is 3.53. The van der Waals surface area contributed by atoms with Gasteiger partial charge in [-0.2, -0.15) is 0 Å². The van der Waals surface area contributed by atoms with Crippen LogP contribution in [-0.4, -0.2) is 12.3 Å². The van der Waals surface area contributed by atoms with Gasteiger partial charge in [0.25, 0.3) is 0 Å². The third-order valence-electron chi connectivity index (χ3n) is 2.64. The summed E-state index contributed by atoms with van der Waals surface area (Å²) in [6, 6.07) is 9.37. The molecule has 0 aliphatic rings. The third-order valence-corrected chi connectivity index (χ3v) is 4.06. The molecule has 0 saturated heterocycles. The van der Waals surface area contributed by atoms with Crippen LogP contribution in [0.15, 0.2) is 29.2 Å². The molecule has 0 heterocycles. The van der Waals surface area contributed by atoms with Gasteiger partial charge in [0.05, 0.1) is 0 Å². The maximum atomic E-state index is 3.53. The molecule has 0 saturated carbocycles. The fourth-order valence-electron chi connectivity index (χ4n) is 1.62. The van der Waals surface area contributed by atoms with Gasteiger partial charge in [0.15, 0.2) is 0 Å². The van der Waals surface area contributed by atoms with Crippen molar-refractivity contribution in [2.24, 2.45) is 5.92 Å². The lowest BCUT2D eigenvalue weighted by Gasteiger charge is -2.14. The molecule has 1 nitrogen and oxygen atoms in total. The van der Waals surface area contributed by atoms with E-state index < -0.39 is 0 Å². The van der Waals surface area contributed by atoms with Gasteiger partial charge in [0.1, 0.15) is 0 Å². The molecule has 0 amide bonds. The quantitative estimate of drug-likeness (QED) is 0.716. The molecule has 1 atom stereocenters. The number of benzene rings is 1. The molecule has 2 heteroatoms. The molecular formula is C15H25NS. The molecule has 0 aromatic heterocycles. The van der Waals surface area contributed by atoms with Gasteiger partial charge in [-0.25, -0.2) is 0 Å².